The molecular formula is C15H31NO2Si. The molecule has 0 aliphatic rings. The molecule has 2 atom stereocenters. The zero-order chi connectivity index (χ0) is 15.3. The molecule has 0 saturated heterocycles. The molecule has 0 aromatic carbocycles. The number of amides is 1. The Bertz CT molecular complexity index is 319. The van der Waals surface area contributed by atoms with Crippen molar-refractivity contribution in [1.82, 2.24) is 0 Å². The number of primary amides is 1. The van der Waals surface area contributed by atoms with Gasteiger partial charge in [0, 0.05) is 0 Å². The average Bonchev–Trinajstić information content (AvgIpc) is 2.22. The predicted molar refractivity (Wildman–Crippen MR) is 84.5 cm³/mol. The molecule has 0 aromatic rings. The third-order valence-electron chi connectivity index (χ3n) is 4.03. The van der Waals surface area contributed by atoms with Gasteiger partial charge in [-0.15, -0.1) is 0 Å². The van der Waals surface area contributed by atoms with E-state index in [9.17, 15) is 4.79 Å². The summed E-state index contributed by atoms with van der Waals surface area (Å²) in [6.07, 6.45) is 5.31. The first kappa shape index (κ1) is 18.4. The number of carbonyl (C=O) groups excluding carboxylic acids is 1. The molecule has 19 heavy (non-hydrogen) atoms. The Hall–Kier alpha value is -0.613. The third kappa shape index (κ3) is 6.39. The maximum atomic E-state index is 11.3. The summed E-state index contributed by atoms with van der Waals surface area (Å²) >= 11 is 0. The molecule has 0 aliphatic heterocycles. The minimum absolute atomic E-state index is 0.0745. The lowest BCUT2D eigenvalue weighted by Crippen LogP contribution is -2.46. The highest BCUT2D eigenvalue weighted by Crippen LogP contribution is 2.38. The van der Waals surface area contributed by atoms with Crippen molar-refractivity contribution in [2.75, 3.05) is 0 Å². The van der Waals surface area contributed by atoms with Gasteiger partial charge in [-0.3, -0.25) is 4.79 Å². The molecule has 0 spiro atoms. The number of hydrogen-bond donors (Lipinski definition) is 1. The first-order chi connectivity index (χ1) is 8.51. The molecule has 1 amide bonds. The van der Waals surface area contributed by atoms with Crippen LogP contribution >= 0.6 is 0 Å². The molecule has 0 aromatic heterocycles. The van der Waals surface area contributed by atoms with Crippen molar-refractivity contribution in [1.29, 1.82) is 0 Å². The van der Waals surface area contributed by atoms with E-state index in [0.29, 0.717) is 12.3 Å². The predicted octanol–water partition coefficient (Wildman–Crippen LogP) is 3.85. The van der Waals surface area contributed by atoms with Crippen molar-refractivity contribution in [3.63, 3.8) is 0 Å². The van der Waals surface area contributed by atoms with E-state index in [0.717, 1.165) is 6.42 Å². The fourth-order valence-electron chi connectivity index (χ4n) is 1.62. The Morgan fingerprint density at radius 2 is 1.89 bits per heavy atom. The van der Waals surface area contributed by atoms with E-state index in [4.69, 9.17) is 10.2 Å². The maximum Gasteiger partial charge on any atom is 0.219 e. The Labute approximate surface area is 119 Å². The summed E-state index contributed by atoms with van der Waals surface area (Å²) in [7, 11) is -1.87. The van der Waals surface area contributed by atoms with Gasteiger partial charge in [0.05, 0.1) is 12.5 Å². The number of carbonyl (C=O) groups is 1. The largest absolute Gasteiger partial charge is 0.413 e. The van der Waals surface area contributed by atoms with Crippen molar-refractivity contribution in [2.24, 2.45) is 11.7 Å². The van der Waals surface area contributed by atoms with E-state index >= 15 is 0 Å². The fraction of sp³-hybridized carbons (Fsp3) is 0.800. The third-order valence-corrected chi connectivity index (χ3v) is 8.54. The van der Waals surface area contributed by atoms with Crippen LogP contribution in [0.4, 0.5) is 0 Å². The lowest BCUT2D eigenvalue weighted by Gasteiger charge is -2.40. The van der Waals surface area contributed by atoms with Crippen molar-refractivity contribution < 1.29 is 9.22 Å². The molecule has 0 heterocycles. The highest BCUT2D eigenvalue weighted by molar-refractivity contribution is 6.74. The van der Waals surface area contributed by atoms with Crippen LogP contribution in [0.3, 0.4) is 0 Å². The van der Waals surface area contributed by atoms with Gasteiger partial charge in [0.2, 0.25) is 5.91 Å². The molecule has 3 nitrogen and oxygen atoms in total. The second-order valence-electron chi connectivity index (χ2n) is 6.87. The molecule has 0 bridgehead atoms. The zero-order valence-corrected chi connectivity index (χ0v) is 14.6. The molecule has 0 rings (SSSR count). The van der Waals surface area contributed by atoms with Crippen LogP contribution in [-0.2, 0) is 9.22 Å². The molecular weight excluding hydrogens is 254 g/mol. The van der Waals surface area contributed by atoms with Crippen LogP contribution < -0.4 is 5.73 Å². The number of nitrogens with two attached hydrogens (primary N) is 1. The van der Waals surface area contributed by atoms with Crippen molar-refractivity contribution in [2.45, 2.75) is 71.7 Å². The monoisotopic (exact) mass is 285 g/mol. The average molecular weight is 286 g/mol. The van der Waals surface area contributed by atoms with Gasteiger partial charge in [-0.25, -0.2) is 0 Å². The smallest absolute Gasteiger partial charge is 0.219 e. The van der Waals surface area contributed by atoms with E-state index in [1.807, 2.05) is 13.0 Å². The van der Waals surface area contributed by atoms with Gasteiger partial charge < -0.3 is 10.2 Å². The molecule has 2 N–H and O–H groups in total. The van der Waals surface area contributed by atoms with E-state index in [1.54, 1.807) is 0 Å². The number of allylic oxidation sites excluding steroid dienone is 2. The molecule has 0 aliphatic carbocycles. The molecule has 0 fully saturated rings. The Morgan fingerprint density at radius 1 is 1.37 bits per heavy atom. The summed E-state index contributed by atoms with van der Waals surface area (Å²) < 4.78 is 6.38. The van der Waals surface area contributed by atoms with E-state index in [-0.39, 0.29) is 17.0 Å². The number of rotatable bonds is 7. The van der Waals surface area contributed by atoms with Crippen molar-refractivity contribution in [3.05, 3.63) is 12.2 Å². The van der Waals surface area contributed by atoms with Crippen LogP contribution in [0.15, 0.2) is 12.2 Å². The minimum Gasteiger partial charge on any atom is -0.413 e. The lowest BCUT2D eigenvalue weighted by atomic mass is 9.98. The van der Waals surface area contributed by atoms with Gasteiger partial charge in [0.25, 0.3) is 0 Å². The van der Waals surface area contributed by atoms with Gasteiger partial charge in [0.1, 0.15) is 0 Å². The van der Waals surface area contributed by atoms with Gasteiger partial charge in [0.15, 0.2) is 8.32 Å². The van der Waals surface area contributed by atoms with Crippen LogP contribution in [0.1, 0.15) is 47.5 Å². The second-order valence-corrected chi connectivity index (χ2v) is 11.6. The van der Waals surface area contributed by atoms with Crippen LogP contribution in [-0.4, -0.2) is 20.3 Å². The van der Waals surface area contributed by atoms with Crippen molar-refractivity contribution in [3.8, 4) is 0 Å². The van der Waals surface area contributed by atoms with Crippen molar-refractivity contribution >= 4 is 14.2 Å². The van der Waals surface area contributed by atoms with Gasteiger partial charge in [-0.05, 0) is 37.4 Å². The van der Waals surface area contributed by atoms with Crippen LogP contribution in [0, 0.1) is 5.92 Å². The molecule has 4 heteroatoms. The normalized spacial score (nSPS) is 16.6. The zero-order valence-electron chi connectivity index (χ0n) is 13.6. The molecule has 112 valence electrons. The highest BCUT2D eigenvalue weighted by atomic mass is 28.4. The Morgan fingerprint density at radius 3 is 2.26 bits per heavy atom. The summed E-state index contributed by atoms with van der Waals surface area (Å²) in [5, 5.41) is 0.142. The Balaban J connectivity index is 4.91. The topological polar surface area (TPSA) is 52.3 Å². The van der Waals surface area contributed by atoms with E-state index < -0.39 is 8.32 Å². The summed E-state index contributed by atoms with van der Waals surface area (Å²) in [5.74, 6) is 0.0221. The van der Waals surface area contributed by atoms with Gasteiger partial charge in [-0.1, -0.05) is 39.8 Å². The lowest BCUT2D eigenvalue weighted by molar-refractivity contribution is -0.120. The van der Waals surface area contributed by atoms with Gasteiger partial charge in [-0.2, -0.15) is 0 Å². The first-order valence-corrected chi connectivity index (χ1v) is 9.99. The van der Waals surface area contributed by atoms with E-state index in [2.05, 4.69) is 46.9 Å². The minimum atomic E-state index is -1.87. The van der Waals surface area contributed by atoms with Crippen LogP contribution in [0.25, 0.3) is 0 Å². The summed E-state index contributed by atoms with van der Waals surface area (Å²) in [4.78, 5) is 11.3. The molecule has 0 radical (unpaired) electrons. The van der Waals surface area contributed by atoms with Gasteiger partial charge >= 0.3 is 0 Å². The fourth-order valence-corrected chi connectivity index (χ4v) is 3.04. The highest BCUT2D eigenvalue weighted by Gasteiger charge is 2.40. The summed E-state index contributed by atoms with van der Waals surface area (Å²) in [6, 6.07) is 0. The summed E-state index contributed by atoms with van der Waals surface area (Å²) in [5.41, 5.74) is 5.37. The Kier molecular flexibility index (Phi) is 7.01. The molecule has 0 unspecified atom stereocenters. The SMILES string of the molecule is C/C=C/C[C@@H](C)[C@@H](CC(N)=O)O[Si](C)(C)C(C)(C)C. The van der Waals surface area contributed by atoms with Crippen LogP contribution in [0.2, 0.25) is 18.1 Å². The van der Waals surface area contributed by atoms with Crippen LogP contribution in [0.5, 0.6) is 0 Å². The number of hydrogen-bond acceptors (Lipinski definition) is 2. The summed E-state index contributed by atoms with van der Waals surface area (Å²) in [6.45, 7) is 15.2. The second kappa shape index (κ2) is 7.24. The van der Waals surface area contributed by atoms with E-state index in [1.165, 1.54) is 0 Å². The first-order valence-electron chi connectivity index (χ1n) is 7.08. The maximum absolute atomic E-state index is 11.3. The quantitative estimate of drug-likeness (QED) is 0.570. The molecule has 0 saturated carbocycles. The standard InChI is InChI=1S/C15H31NO2Si/c1-8-9-10-12(2)13(11-14(16)17)18-19(6,7)15(3,4)5/h8-9,12-13H,10-11H2,1-7H3,(H2,16,17)/b9-8+/t12-,13-/m1/s1.